The predicted molar refractivity (Wildman–Crippen MR) is 64.2 cm³/mol. The first-order chi connectivity index (χ1) is 7.60. The van der Waals surface area contributed by atoms with E-state index in [2.05, 4.69) is 0 Å². The summed E-state index contributed by atoms with van der Waals surface area (Å²) in [7, 11) is -3.69. The molecule has 16 heavy (non-hydrogen) atoms. The zero-order valence-corrected chi connectivity index (χ0v) is 11.0. The summed E-state index contributed by atoms with van der Waals surface area (Å²) in [6, 6.07) is 1.62. The second-order valence-electron chi connectivity index (χ2n) is 3.21. The van der Waals surface area contributed by atoms with Crippen LogP contribution in [0, 0.1) is 0 Å². The lowest BCUT2D eigenvalue weighted by atomic mass is 10.4. The minimum atomic E-state index is -3.69. The molecule has 0 aliphatic carbocycles. The fraction of sp³-hybridized carbons (Fsp3) is 0.600. The molecule has 6 heteroatoms. The Hall–Kier alpha value is -0.590. The maximum atomic E-state index is 11.8. The number of rotatable bonds is 7. The second-order valence-corrected chi connectivity index (χ2v) is 5.67. The van der Waals surface area contributed by atoms with Crippen LogP contribution in [0.1, 0.15) is 26.7 Å². The van der Waals surface area contributed by atoms with Gasteiger partial charge in [-0.2, -0.15) is 8.42 Å². The van der Waals surface area contributed by atoms with Crippen molar-refractivity contribution < 1.29 is 17.3 Å². The van der Waals surface area contributed by atoms with Crippen molar-refractivity contribution in [3.63, 3.8) is 0 Å². The lowest BCUT2D eigenvalue weighted by Gasteiger charge is -2.16. The third-order valence-electron chi connectivity index (χ3n) is 1.91. The summed E-state index contributed by atoms with van der Waals surface area (Å²) in [5.74, 6) is 0.353. The SMILES string of the molecule is CCCC(OCC)S(=O)(=O)Oc1ccsc1. The monoisotopic (exact) mass is 264 g/mol. The van der Waals surface area contributed by atoms with Crippen LogP contribution in [0.25, 0.3) is 0 Å². The highest BCUT2D eigenvalue weighted by molar-refractivity contribution is 7.87. The molecule has 1 rings (SSSR count). The number of ether oxygens (including phenoxy) is 1. The largest absolute Gasteiger partial charge is 0.380 e. The minimum absolute atomic E-state index is 0.353. The van der Waals surface area contributed by atoms with Crippen molar-refractivity contribution in [2.75, 3.05) is 6.61 Å². The Morgan fingerprint density at radius 2 is 2.19 bits per heavy atom. The van der Waals surface area contributed by atoms with Crippen LogP contribution in [0.2, 0.25) is 0 Å². The van der Waals surface area contributed by atoms with Crippen molar-refractivity contribution in [1.29, 1.82) is 0 Å². The highest BCUT2D eigenvalue weighted by atomic mass is 32.2. The van der Waals surface area contributed by atoms with E-state index in [4.69, 9.17) is 8.92 Å². The molecule has 0 bridgehead atoms. The van der Waals surface area contributed by atoms with Gasteiger partial charge in [-0.05, 0) is 24.8 Å². The standard InChI is InChI=1S/C10H16O4S2/c1-3-5-10(13-4-2)16(11,12)14-9-6-7-15-8-9/h6-8,10H,3-5H2,1-2H3. The van der Waals surface area contributed by atoms with E-state index >= 15 is 0 Å². The molecule has 0 saturated heterocycles. The normalized spacial score (nSPS) is 13.6. The summed E-state index contributed by atoms with van der Waals surface area (Å²) in [6.07, 6.45) is 1.18. The van der Waals surface area contributed by atoms with Crippen molar-refractivity contribution in [2.24, 2.45) is 0 Å². The third-order valence-corrected chi connectivity index (χ3v) is 4.01. The van der Waals surface area contributed by atoms with E-state index in [0.29, 0.717) is 18.8 Å². The van der Waals surface area contributed by atoms with Gasteiger partial charge in [0.2, 0.25) is 0 Å². The van der Waals surface area contributed by atoms with Crippen molar-refractivity contribution in [1.82, 2.24) is 0 Å². The Kier molecular flexibility index (Phi) is 5.24. The van der Waals surface area contributed by atoms with Crippen molar-refractivity contribution in [3.05, 3.63) is 16.8 Å². The van der Waals surface area contributed by atoms with E-state index in [9.17, 15) is 8.42 Å². The van der Waals surface area contributed by atoms with Gasteiger partial charge in [-0.15, -0.1) is 11.3 Å². The van der Waals surface area contributed by atoms with E-state index in [1.807, 2.05) is 6.92 Å². The van der Waals surface area contributed by atoms with Crippen LogP contribution in [0.15, 0.2) is 16.8 Å². The Morgan fingerprint density at radius 3 is 2.69 bits per heavy atom. The Morgan fingerprint density at radius 1 is 1.44 bits per heavy atom. The molecule has 1 unspecified atom stereocenters. The van der Waals surface area contributed by atoms with Gasteiger partial charge in [-0.1, -0.05) is 13.3 Å². The zero-order valence-electron chi connectivity index (χ0n) is 9.38. The molecule has 1 atom stereocenters. The van der Waals surface area contributed by atoms with Gasteiger partial charge in [0.1, 0.15) is 0 Å². The van der Waals surface area contributed by atoms with Gasteiger partial charge in [0.05, 0.1) is 0 Å². The van der Waals surface area contributed by atoms with Crippen LogP contribution in [-0.4, -0.2) is 20.5 Å². The zero-order chi connectivity index (χ0) is 12.0. The first kappa shape index (κ1) is 13.5. The summed E-state index contributed by atoms with van der Waals surface area (Å²) in [4.78, 5) is 0. The van der Waals surface area contributed by atoms with Crippen molar-refractivity contribution >= 4 is 21.5 Å². The number of hydrogen-bond donors (Lipinski definition) is 0. The molecule has 0 aromatic carbocycles. The molecule has 0 amide bonds. The van der Waals surface area contributed by atoms with Crippen molar-refractivity contribution in [3.8, 4) is 5.75 Å². The Labute approximate surface area is 100 Å². The van der Waals surface area contributed by atoms with Gasteiger partial charge in [0.25, 0.3) is 0 Å². The summed E-state index contributed by atoms with van der Waals surface area (Å²) < 4.78 is 33.8. The maximum absolute atomic E-state index is 11.8. The summed E-state index contributed by atoms with van der Waals surface area (Å²) in [6.45, 7) is 4.03. The van der Waals surface area contributed by atoms with Crippen LogP contribution >= 0.6 is 11.3 Å². The molecule has 0 spiro atoms. The van der Waals surface area contributed by atoms with Crippen LogP contribution in [-0.2, 0) is 14.9 Å². The first-order valence-electron chi connectivity index (χ1n) is 5.17. The summed E-state index contributed by atoms with van der Waals surface area (Å²) in [5, 5.41) is 3.41. The van der Waals surface area contributed by atoms with Gasteiger partial charge in [0.15, 0.2) is 11.2 Å². The van der Waals surface area contributed by atoms with Gasteiger partial charge in [-0.3, -0.25) is 0 Å². The molecular weight excluding hydrogens is 248 g/mol. The summed E-state index contributed by atoms with van der Waals surface area (Å²) in [5.41, 5.74) is -0.873. The minimum Gasteiger partial charge on any atom is -0.380 e. The highest BCUT2D eigenvalue weighted by Gasteiger charge is 2.27. The third kappa shape index (κ3) is 3.77. The fourth-order valence-electron chi connectivity index (χ4n) is 1.22. The fourth-order valence-corrected chi connectivity index (χ4v) is 3.14. The summed E-state index contributed by atoms with van der Waals surface area (Å²) >= 11 is 1.39. The topological polar surface area (TPSA) is 52.6 Å². The second kappa shape index (κ2) is 6.22. The number of hydrogen-bond acceptors (Lipinski definition) is 5. The van der Waals surface area contributed by atoms with Gasteiger partial charge >= 0.3 is 10.1 Å². The van der Waals surface area contributed by atoms with Gasteiger partial charge < -0.3 is 8.92 Å². The lowest BCUT2D eigenvalue weighted by Crippen LogP contribution is -2.28. The molecule has 4 nitrogen and oxygen atoms in total. The molecule has 0 fully saturated rings. The van der Waals surface area contributed by atoms with Gasteiger partial charge in [-0.25, -0.2) is 0 Å². The number of thiophene rings is 1. The van der Waals surface area contributed by atoms with E-state index < -0.39 is 15.6 Å². The molecule has 1 heterocycles. The molecule has 0 N–H and O–H groups in total. The van der Waals surface area contributed by atoms with Crippen LogP contribution in [0.3, 0.4) is 0 Å². The Bertz CT molecular complexity index is 377. The smallest absolute Gasteiger partial charge is 0.336 e. The van der Waals surface area contributed by atoms with E-state index in [1.165, 1.54) is 11.3 Å². The molecule has 0 saturated carbocycles. The maximum Gasteiger partial charge on any atom is 0.336 e. The molecule has 0 radical (unpaired) electrons. The first-order valence-corrected chi connectivity index (χ1v) is 7.58. The van der Waals surface area contributed by atoms with Crippen molar-refractivity contribution in [2.45, 2.75) is 32.1 Å². The lowest BCUT2D eigenvalue weighted by molar-refractivity contribution is 0.105. The van der Waals surface area contributed by atoms with Crippen LogP contribution in [0.4, 0.5) is 0 Å². The molecule has 0 aliphatic rings. The molecule has 92 valence electrons. The van der Waals surface area contributed by atoms with Crippen LogP contribution < -0.4 is 4.18 Å². The molecule has 1 aromatic heterocycles. The predicted octanol–water partition coefficient (Wildman–Crippen LogP) is 2.62. The van der Waals surface area contributed by atoms with Crippen LogP contribution in [0.5, 0.6) is 5.75 Å². The molecule has 1 aromatic rings. The van der Waals surface area contributed by atoms with E-state index in [-0.39, 0.29) is 0 Å². The van der Waals surface area contributed by atoms with E-state index in [1.54, 1.807) is 23.8 Å². The highest BCUT2D eigenvalue weighted by Crippen LogP contribution is 2.20. The van der Waals surface area contributed by atoms with Gasteiger partial charge in [0, 0.05) is 12.0 Å². The Balaban J connectivity index is 2.73. The molecule has 0 aliphatic heterocycles. The average Bonchev–Trinajstić information content (AvgIpc) is 2.69. The quantitative estimate of drug-likeness (QED) is 0.710. The average molecular weight is 264 g/mol. The van der Waals surface area contributed by atoms with E-state index in [0.717, 1.165) is 6.42 Å². The molecular formula is C10H16O4S2.